The Balaban J connectivity index is 2.29. The second-order valence-electron chi connectivity index (χ2n) is 8.04. The molecule has 5 heteroatoms. The Hall–Kier alpha value is -0.160. The smallest absolute Gasteiger partial charge is 0.304 e. The van der Waals surface area contributed by atoms with Crippen molar-refractivity contribution in [1.82, 2.24) is 0 Å². The van der Waals surface area contributed by atoms with Gasteiger partial charge in [-0.3, -0.25) is 0 Å². The van der Waals surface area contributed by atoms with E-state index in [2.05, 4.69) is 27.7 Å². The third kappa shape index (κ3) is 3.48. The molecule has 2 rings (SSSR count). The highest BCUT2D eigenvalue weighted by atomic mass is 32.3. The predicted octanol–water partition coefficient (Wildman–Crippen LogP) is 3.30. The molecule has 1 aliphatic heterocycles. The fourth-order valence-corrected chi connectivity index (χ4v) is 5.75. The number of rotatable bonds is 2. The van der Waals surface area contributed by atoms with Crippen molar-refractivity contribution in [1.29, 1.82) is 0 Å². The van der Waals surface area contributed by atoms with Crippen LogP contribution in [0.1, 0.15) is 53.4 Å². The molecule has 0 bridgehead atoms. The second-order valence-corrected chi connectivity index (χ2v) is 9.45. The lowest BCUT2D eigenvalue weighted by Crippen LogP contribution is -2.47. The molecule has 0 aromatic carbocycles. The van der Waals surface area contributed by atoms with Crippen LogP contribution >= 0.6 is 0 Å². The van der Waals surface area contributed by atoms with Crippen molar-refractivity contribution in [3.05, 3.63) is 0 Å². The summed E-state index contributed by atoms with van der Waals surface area (Å²) < 4.78 is 40.6. The summed E-state index contributed by atoms with van der Waals surface area (Å²) in [5.74, 6) is -0.487. The van der Waals surface area contributed by atoms with Gasteiger partial charge in [-0.15, -0.1) is 3.89 Å². The molecule has 0 radical (unpaired) electrons. The van der Waals surface area contributed by atoms with E-state index in [4.69, 9.17) is 4.74 Å². The van der Waals surface area contributed by atoms with Crippen LogP contribution < -0.4 is 0 Å². The molecule has 2 fully saturated rings. The molecule has 1 unspecified atom stereocenters. The molecule has 1 spiro atoms. The molecule has 1 aliphatic carbocycles. The van der Waals surface area contributed by atoms with E-state index in [1.165, 1.54) is 0 Å². The van der Waals surface area contributed by atoms with Crippen LogP contribution in [0.15, 0.2) is 0 Å². The maximum atomic E-state index is 13.1. The van der Waals surface area contributed by atoms with Crippen LogP contribution in [-0.2, 0) is 15.0 Å². The molecule has 1 heterocycles. The van der Waals surface area contributed by atoms with Gasteiger partial charge < -0.3 is 4.74 Å². The van der Waals surface area contributed by atoms with E-state index in [9.17, 15) is 12.3 Å². The van der Waals surface area contributed by atoms with Gasteiger partial charge >= 0.3 is 10.2 Å². The Labute approximate surface area is 116 Å². The summed E-state index contributed by atoms with van der Waals surface area (Å²) in [6.07, 6.45) is 3.31. The predicted molar refractivity (Wildman–Crippen MR) is 73.1 cm³/mol. The molecule has 112 valence electrons. The van der Waals surface area contributed by atoms with Crippen LogP contribution in [0.3, 0.4) is 0 Å². The van der Waals surface area contributed by atoms with Crippen molar-refractivity contribution in [2.45, 2.75) is 59.5 Å². The van der Waals surface area contributed by atoms with Crippen LogP contribution in [0, 0.1) is 16.2 Å². The van der Waals surface area contributed by atoms with Crippen LogP contribution in [0.25, 0.3) is 0 Å². The van der Waals surface area contributed by atoms with Crippen LogP contribution in [0.4, 0.5) is 3.89 Å². The zero-order chi connectivity index (χ0) is 14.5. The topological polar surface area (TPSA) is 43.4 Å². The molecular formula is C14H25FO3S. The largest absolute Gasteiger partial charge is 0.376 e. The Kier molecular flexibility index (Phi) is 3.54. The van der Waals surface area contributed by atoms with Gasteiger partial charge in [0.1, 0.15) is 5.75 Å². The molecule has 1 atom stereocenters. The fourth-order valence-electron chi connectivity index (χ4n) is 4.94. The first-order chi connectivity index (χ1) is 8.43. The van der Waals surface area contributed by atoms with Gasteiger partial charge in [-0.1, -0.05) is 27.7 Å². The Morgan fingerprint density at radius 3 is 2.11 bits per heavy atom. The number of hydrogen-bond donors (Lipinski definition) is 0. The minimum Gasteiger partial charge on any atom is -0.376 e. The third-order valence-electron chi connectivity index (χ3n) is 4.57. The van der Waals surface area contributed by atoms with Gasteiger partial charge in [0.05, 0.1) is 6.10 Å². The lowest BCUT2D eigenvalue weighted by molar-refractivity contribution is -0.0431. The van der Waals surface area contributed by atoms with Gasteiger partial charge in [0.25, 0.3) is 0 Å². The molecule has 1 saturated carbocycles. The quantitative estimate of drug-likeness (QED) is 0.733. The average Bonchev–Trinajstić information content (AvgIpc) is 2.38. The standard InChI is InChI=1S/C14H25FO3S/c1-12(2)8-13(3,4)10-14(9-12)5-6-18-11(14)7-19(15,16)17/h11H,5-10H2,1-4H3. The molecule has 0 aromatic rings. The van der Waals surface area contributed by atoms with Gasteiger partial charge in [0.2, 0.25) is 0 Å². The minimum atomic E-state index is -4.48. The first kappa shape index (κ1) is 15.2. The Morgan fingerprint density at radius 1 is 1.11 bits per heavy atom. The lowest BCUT2D eigenvalue weighted by atomic mass is 9.53. The summed E-state index contributed by atoms with van der Waals surface area (Å²) in [6, 6.07) is 0. The van der Waals surface area contributed by atoms with E-state index >= 15 is 0 Å². The average molecular weight is 292 g/mol. The summed E-state index contributed by atoms with van der Waals surface area (Å²) in [4.78, 5) is 0. The molecular weight excluding hydrogens is 267 g/mol. The van der Waals surface area contributed by atoms with Crippen molar-refractivity contribution in [2.24, 2.45) is 16.2 Å². The van der Waals surface area contributed by atoms with E-state index in [0.717, 1.165) is 25.7 Å². The monoisotopic (exact) mass is 292 g/mol. The second kappa shape index (κ2) is 4.42. The normalized spacial score (nSPS) is 32.6. The molecule has 0 amide bonds. The maximum absolute atomic E-state index is 13.1. The third-order valence-corrected chi connectivity index (χ3v) is 5.27. The summed E-state index contributed by atoms with van der Waals surface area (Å²) in [5, 5.41) is 0. The summed E-state index contributed by atoms with van der Waals surface area (Å²) in [7, 11) is -4.48. The molecule has 19 heavy (non-hydrogen) atoms. The maximum Gasteiger partial charge on any atom is 0.304 e. The fraction of sp³-hybridized carbons (Fsp3) is 1.00. The molecule has 0 aromatic heterocycles. The van der Waals surface area contributed by atoms with Gasteiger partial charge in [-0.2, -0.15) is 8.42 Å². The van der Waals surface area contributed by atoms with Crippen molar-refractivity contribution >= 4 is 10.2 Å². The number of halogens is 1. The van der Waals surface area contributed by atoms with Gasteiger partial charge in [-0.05, 0) is 36.5 Å². The first-order valence-corrected chi connectivity index (χ1v) is 8.53. The van der Waals surface area contributed by atoms with E-state index in [1.807, 2.05) is 0 Å². The molecule has 1 saturated heterocycles. The Morgan fingerprint density at radius 2 is 1.63 bits per heavy atom. The number of ether oxygens (including phenoxy) is 1. The summed E-state index contributed by atoms with van der Waals surface area (Å²) in [6.45, 7) is 9.42. The zero-order valence-electron chi connectivity index (χ0n) is 12.3. The highest BCUT2D eigenvalue weighted by Gasteiger charge is 2.54. The van der Waals surface area contributed by atoms with E-state index in [-0.39, 0.29) is 16.2 Å². The summed E-state index contributed by atoms with van der Waals surface area (Å²) >= 11 is 0. The van der Waals surface area contributed by atoms with Gasteiger partial charge in [0.15, 0.2) is 0 Å². The highest BCUT2D eigenvalue weighted by molar-refractivity contribution is 7.86. The van der Waals surface area contributed by atoms with E-state index < -0.39 is 22.1 Å². The van der Waals surface area contributed by atoms with E-state index in [0.29, 0.717) is 6.61 Å². The van der Waals surface area contributed by atoms with Crippen LogP contribution in [0.5, 0.6) is 0 Å². The lowest BCUT2D eigenvalue weighted by Gasteiger charge is -2.52. The van der Waals surface area contributed by atoms with Gasteiger partial charge in [-0.25, -0.2) is 0 Å². The van der Waals surface area contributed by atoms with Crippen LogP contribution in [0.2, 0.25) is 0 Å². The van der Waals surface area contributed by atoms with Crippen molar-refractivity contribution in [2.75, 3.05) is 12.4 Å². The zero-order valence-corrected chi connectivity index (χ0v) is 13.1. The molecule has 2 aliphatic rings. The van der Waals surface area contributed by atoms with Crippen molar-refractivity contribution < 1.29 is 17.0 Å². The Bertz CT molecular complexity index is 437. The van der Waals surface area contributed by atoms with E-state index in [1.54, 1.807) is 0 Å². The molecule has 0 N–H and O–H groups in total. The van der Waals surface area contributed by atoms with Crippen molar-refractivity contribution in [3.8, 4) is 0 Å². The minimum absolute atomic E-state index is 0.147. The summed E-state index contributed by atoms with van der Waals surface area (Å²) in [5.41, 5.74) is 0.117. The first-order valence-electron chi connectivity index (χ1n) is 6.97. The van der Waals surface area contributed by atoms with Crippen molar-refractivity contribution in [3.63, 3.8) is 0 Å². The molecule has 3 nitrogen and oxygen atoms in total. The highest BCUT2D eigenvalue weighted by Crippen LogP contribution is 2.59. The van der Waals surface area contributed by atoms with Gasteiger partial charge in [0, 0.05) is 12.0 Å². The SMILES string of the molecule is CC1(C)CC(C)(C)CC2(CCOC2CS(=O)(=O)F)C1. The van der Waals surface area contributed by atoms with Crippen LogP contribution in [-0.4, -0.2) is 26.9 Å². The number of hydrogen-bond acceptors (Lipinski definition) is 3.